The summed E-state index contributed by atoms with van der Waals surface area (Å²) in [5, 5.41) is 2.87. The van der Waals surface area contributed by atoms with Crippen LogP contribution < -0.4 is 11.1 Å². The molecule has 1 heterocycles. The van der Waals surface area contributed by atoms with Crippen LogP contribution in [0.5, 0.6) is 0 Å². The number of nitrogens with zero attached hydrogens (tertiary/aromatic N) is 1. The molecule has 1 aromatic rings. The van der Waals surface area contributed by atoms with Crippen molar-refractivity contribution >= 4 is 5.91 Å². The summed E-state index contributed by atoms with van der Waals surface area (Å²) in [5.74, 6) is -0.142. The molecular weight excluding hydrogens is 202 g/mol. The highest BCUT2D eigenvalue weighted by atomic mass is 16.1. The number of carbonyl (C=O) groups is 1. The Bertz CT molecular complexity index is 363. The minimum atomic E-state index is -0.142. The van der Waals surface area contributed by atoms with Crippen molar-refractivity contribution in [2.24, 2.45) is 5.73 Å². The van der Waals surface area contributed by atoms with E-state index < -0.39 is 0 Å². The molecule has 0 saturated carbocycles. The fourth-order valence-electron chi connectivity index (χ4n) is 1.58. The summed E-state index contributed by atoms with van der Waals surface area (Å²) in [5.41, 5.74) is 6.96. The minimum absolute atomic E-state index is 0.0646. The normalized spacial score (nSPS) is 14.2. The lowest BCUT2D eigenvalue weighted by Crippen LogP contribution is -2.36. The van der Waals surface area contributed by atoms with Gasteiger partial charge in [0.25, 0.3) is 5.91 Å². The number of amides is 1. The molecule has 88 valence electrons. The zero-order valence-electron chi connectivity index (χ0n) is 10.0. The van der Waals surface area contributed by atoms with E-state index in [9.17, 15) is 4.79 Å². The Morgan fingerprint density at radius 3 is 2.75 bits per heavy atom. The van der Waals surface area contributed by atoms with Gasteiger partial charge in [-0.15, -0.1) is 0 Å². The van der Waals surface area contributed by atoms with E-state index in [0.717, 1.165) is 12.1 Å². The van der Waals surface area contributed by atoms with Gasteiger partial charge in [0.05, 0.1) is 0 Å². The van der Waals surface area contributed by atoms with Crippen LogP contribution in [-0.4, -0.2) is 23.0 Å². The summed E-state index contributed by atoms with van der Waals surface area (Å²) >= 11 is 0. The molecule has 0 aliphatic rings. The van der Waals surface area contributed by atoms with Gasteiger partial charge in [-0.1, -0.05) is 6.07 Å². The predicted molar refractivity (Wildman–Crippen MR) is 64.2 cm³/mol. The number of rotatable bonds is 4. The Morgan fingerprint density at radius 1 is 1.50 bits per heavy atom. The van der Waals surface area contributed by atoms with E-state index in [1.807, 2.05) is 32.9 Å². The smallest absolute Gasteiger partial charge is 0.270 e. The molecule has 1 rings (SSSR count). The molecule has 0 aromatic carbocycles. The number of nitrogens with two attached hydrogens (primary N) is 1. The summed E-state index contributed by atoms with van der Waals surface area (Å²) in [6.45, 7) is 5.73. The molecule has 4 nitrogen and oxygen atoms in total. The Hall–Kier alpha value is -1.42. The molecule has 1 aromatic heterocycles. The maximum absolute atomic E-state index is 11.8. The third-order valence-corrected chi connectivity index (χ3v) is 2.22. The van der Waals surface area contributed by atoms with Gasteiger partial charge >= 0.3 is 0 Å². The van der Waals surface area contributed by atoms with E-state index in [1.165, 1.54) is 0 Å². The maximum Gasteiger partial charge on any atom is 0.270 e. The molecule has 1 amide bonds. The van der Waals surface area contributed by atoms with Gasteiger partial charge in [-0.2, -0.15) is 0 Å². The molecular formula is C12H19N3O. The van der Waals surface area contributed by atoms with Crippen LogP contribution in [0.3, 0.4) is 0 Å². The van der Waals surface area contributed by atoms with Gasteiger partial charge in [-0.3, -0.25) is 4.79 Å². The van der Waals surface area contributed by atoms with Crippen LogP contribution in [0.15, 0.2) is 18.2 Å². The molecule has 0 aliphatic carbocycles. The predicted octanol–water partition coefficient (Wildman–Crippen LogP) is 1.25. The van der Waals surface area contributed by atoms with Crippen LogP contribution in [0.1, 0.15) is 36.5 Å². The summed E-state index contributed by atoms with van der Waals surface area (Å²) in [6, 6.07) is 5.55. The topological polar surface area (TPSA) is 68.0 Å². The van der Waals surface area contributed by atoms with E-state index in [2.05, 4.69) is 10.3 Å². The highest BCUT2D eigenvalue weighted by molar-refractivity contribution is 5.92. The second-order valence-electron chi connectivity index (χ2n) is 4.25. The molecule has 0 radical (unpaired) electrons. The van der Waals surface area contributed by atoms with Crippen molar-refractivity contribution in [1.29, 1.82) is 0 Å². The number of aryl methyl sites for hydroxylation is 1. The van der Waals surface area contributed by atoms with Crippen molar-refractivity contribution < 1.29 is 4.79 Å². The fraction of sp³-hybridized carbons (Fsp3) is 0.500. The average Bonchev–Trinajstić information content (AvgIpc) is 2.16. The first-order valence-electron chi connectivity index (χ1n) is 5.49. The third-order valence-electron chi connectivity index (χ3n) is 2.22. The van der Waals surface area contributed by atoms with Crippen LogP contribution in [0, 0.1) is 6.92 Å². The third kappa shape index (κ3) is 3.98. The van der Waals surface area contributed by atoms with Crippen molar-refractivity contribution in [2.75, 3.05) is 0 Å². The fourth-order valence-corrected chi connectivity index (χ4v) is 1.58. The van der Waals surface area contributed by atoms with Gasteiger partial charge in [0.15, 0.2) is 0 Å². The molecule has 16 heavy (non-hydrogen) atoms. The Morgan fingerprint density at radius 2 is 2.19 bits per heavy atom. The Kier molecular flexibility index (Phi) is 4.43. The van der Waals surface area contributed by atoms with E-state index in [0.29, 0.717) is 5.69 Å². The first kappa shape index (κ1) is 12.6. The maximum atomic E-state index is 11.8. The first-order chi connectivity index (χ1) is 7.49. The largest absolute Gasteiger partial charge is 0.348 e. The van der Waals surface area contributed by atoms with Crippen molar-refractivity contribution in [3.63, 3.8) is 0 Å². The first-order valence-corrected chi connectivity index (χ1v) is 5.49. The van der Waals surface area contributed by atoms with E-state index >= 15 is 0 Å². The van der Waals surface area contributed by atoms with Crippen LogP contribution in [0.4, 0.5) is 0 Å². The molecule has 0 bridgehead atoms. The zero-order chi connectivity index (χ0) is 12.1. The molecule has 3 N–H and O–H groups in total. The second-order valence-corrected chi connectivity index (χ2v) is 4.25. The lowest BCUT2D eigenvalue weighted by atomic mass is 10.1. The van der Waals surface area contributed by atoms with Crippen molar-refractivity contribution in [2.45, 2.75) is 39.3 Å². The molecule has 0 saturated heterocycles. The summed E-state index contributed by atoms with van der Waals surface area (Å²) in [6.07, 6.45) is 0.761. The minimum Gasteiger partial charge on any atom is -0.348 e. The van der Waals surface area contributed by atoms with Gasteiger partial charge in [0.1, 0.15) is 5.69 Å². The van der Waals surface area contributed by atoms with Gasteiger partial charge in [-0.05, 0) is 39.3 Å². The van der Waals surface area contributed by atoms with Crippen molar-refractivity contribution in [1.82, 2.24) is 10.3 Å². The molecule has 0 fully saturated rings. The number of hydrogen-bond acceptors (Lipinski definition) is 3. The van der Waals surface area contributed by atoms with Gasteiger partial charge in [0, 0.05) is 17.8 Å². The number of pyridine rings is 1. The van der Waals surface area contributed by atoms with Crippen molar-refractivity contribution in [3.8, 4) is 0 Å². The Labute approximate surface area is 96.3 Å². The van der Waals surface area contributed by atoms with E-state index in [1.54, 1.807) is 6.07 Å². The number of nitrogens with one attached hydrogen (secondary N) is 1. The van der Waals surface area contributed by atoms with Crippen LogP contribution in [0.25, 0.3) is 0 Å². The van der Waals surface area contributed by atoms with E-state index in [-0.39, 0.29) is 18.0 Å². The molecule has 2 atom stereocenters. The van der Waals surface area contributed by atoms with Crippen LogP contribution in [0.2, 0.25) is 0 Å². The molecule has 0 aliphatic heterocycles. The standard InChI is InChI=1S/C12H19N3O/c1-8(13)7-10(3)15-12(16)11-6-4-5-9(2)14-11/h4-6,8,10H,7,13H2,1-3H3,(H,15,16). The van der Waals surface area contributed by atoms with E-state index in [4.69, 9.17) is 5.73 Å². The number of hydrogen-bond donors (Lipinski definition) is 2. The highest BCUT2D eigenvalue weighted by Crippen LogP contribution is 2.00. The molecule has 0 spiro atoms. The second kappa shape index (κ2) is 5.61. The zero-order valence-corrected chi connectivity index (χ0v) is 10.0. The van der Waals surface area contributed by atoms with Crippen LogP contribution in [-0.2, 0) is 0 Å². The van der Waals surface area contributed by atoms with Gasteiger partial charge in [0.2, 0.25) is 0 Å². The van der Waals surface area contributed by atoms with Gasteiger partial charge in [-0.25, -0.2) is 4.98 Å². The lowest BCUT2D eigenvalue weighted by molar-refractivity contribution is 0.0932. The molecule has 4 heteroatoms. The Balaban J connectivity index is 2.59. The highest BCUT2D eigenvalue weighted by Gasteiger charge is 2.11. The quantitative estimate of drug-likeness (QED) is 0.804. The summed E-state index contributed by atoms with van der Waals surface area (Å²) in [7, 11) is 0. The van der Waals surface area contributed by atoms with Gasteiger partial charge < -0.3 is 11.1 Å². The monoisotopic (exact) mass is 221 g/mol. The lowest BCUT2D eigenvalue weighted by Gasteiger charge is -2.15. The average molecular weight is 221 g/mol. The number of carbonyl (C=O) groups excluding carboxylic acids is 1. The van der Waals surface area contributed by atoms with Crippen LogP contribution >= 0.6 is 0 Å². The summed E-state index contributed by atoms with van der Waals surface area (Å²) in [4.78, 5) is 15.9. The number of aromatic nitrogens is 1. The summed E-state index contributed by atoms with van der Waals surface area (Å²) < 4.78 is 0. The SMILES string of the molecule is Cc1cccc(C(=O)NC(C)CC(C)N)n1. The van der Waals surface area contributed by atoms with Crippen molar-refractivity contribution in [3.05, 3.63) is 29.6 Å². The molecule has 2 unspecified atom stereocenters.